The minimum absolute atomic E-state index is 0.112. The molecule has 0 spiro atoms. The predicted molar refractivity (Wildman–Crippen MR) is 76.6 cm³/mol. The summed E-state index contributed by atoms with van der Waals surface area (Å²) in [7, 11) is -3.47. The van der Waals surface area contributed by atoms with Crippen LogP contribution in [0.4, 0.5) is 0 Å². The molecule has 0 aromatic heterocycles. The third-order valence-corrected chi connectivity index (χ3v) is 5.25. The van der Waals surface area contributed by atoms with Crippen LogP contribution >= 0.6 is 0 Å². The molecule has 0 aromatic carbocycles. The minimum Gasteiger partial charge on any atom is -0.329 e. The summed E-state index contributed by atoms with van der Waals surface area (Å²) in [5.41, 5.74) is 5.38. The summed E-state index contributed by atoms with van der Waals surface area (Å²) >= 11 is 0. The van der Waals surface area contributed by atoms with Gasteiger partial charge in [-0.15, -0.1) is 0 Å². The lowest BCUT2D eigenvalue weighted by molar-refractivity contribution is 0.175. The van der Waals surface area contributed by atoms with E-state index in [9.17, 15) is 8.42 Å². The Morgan fingerprint density at radius 2 is 1.72 bits per heavy atom. The average molecular weight is 279 g/mol. The van der Waals surface area contributed by atoms with Crippen LogP contribution in [0.5, 0.6) is 0 Å². The van der Waals surface area contributed by atoms with Gasteiger partial charge in [0.1, 0.15) is 0 Å². The fourth-order valence-corrected chi connectivity index (χ4v) is 4.16. The van der Waals surface area contributed by atoms with Crippen LogP contribution in [-0.2, 0) is 10.2 Å². The van der Waals surface area contributed by atoms with Gasteiger partial charge in [-0.3, -0.25) is 0 Å². The van der Waals surface area contributed by atoms with Gasteiger partial charge in [0.2, 0.25) is 0 Å². The second-order valence-electron chi connectivity index (χ2n) is 4.99. The highest BCUT2D eigenvalue weighted by molar-refractivity contribution is 7.87. The molecular weight excluding hydrogens is 250 g/mol. The van der Waals surface area contributed by atoms with Crippen molar-refractivity contribution in [3.8, 4) is 0 Å². The SMILES string of the molecule is CCCN(C(CC)(CC)CN)S(=O)(=O)NC(C)C. The Balaban J connectivity index is 5.40. The molecule has 5 nitrogen and oxygen atoms in total. The largest absolute Gasteiger partial charge is 0.329 e. The van der Waals surface area contributed by atoms with Crippen molar-refractivity contribution in [2.24, 2.45) is 5.73 Å². The number of rotatable bonds is 9. The van der Waals surface area contributed by atoms with Gasteiger partial charge in [0, 0.05) is 24.7 Å². The van der Waals surface area contributed by atoms with E-state index in [-0.39, 0.29) is 6.04 Å². The monoisotopic (exact) mass is 279 g/mol. The zero-order valence-electron chi connectivity index (χ0n) is 12.4. The summed E-state index contributed by atoms with van der Waals surface area (Å²) in [6.45, 7) is 10.5. The van der Waals surface area contributed by atoms with E-state index in [0.29, 0.717) is 13.1 Å². The molecule has 3 N–H and O–H groups in total. The highest BCUT2D eigenvalue weighted by Crippen LogP contribution is 2.26. The zero-order valence-corrected chi connectivity index (χ0v) is 13.2. The first kappa shape index (κ1) is 17.8. The van der Waals surface area contributed by atoms with Crippen molar-refractivity contribution in [3.05, 3.63) is 0 Å². The Morgan fingerprint density at radius 3 is 2.00 bits per heavy atom. The molecule has 0 aliphatic rings. The zero-order chi connectivity index (χ0) is 14.4. The van der Waals surface area contributed by atoms with Crippen LogP contribution in [0, 0.1) is 0 Å². The summed E-state index contributed by atoms with van der Waals surface area (Å²) in [6, 6.07) is -0.112. The van der Waals surface area contributed by atoms with Crippen LogP contribution < -0.4 is 10.5 Å². The summed E-state index contributed by atoms with van der Waals surface area (Å²) < 4.78 is 29.0. The summed E-state index contributed by atoms with van der Waals surface area (Å²) in [5.74, 6) is 0. The maximum atomic E-state index is 12.4. The minimum atomic E-state index is -3.47. The third-order valence-electron chi connectivity index (χ3n) is 3.33. The van der Waals surface area contributed by atoms with Crippen LogP contribution in [0.1, 0.15) is 53.9 Å². The van der Waals surface area contributed by atoms with Gasteiger partial charge in [-0.25, -0.2) is 0 Å². The van der Waals surface area contributed by atoms with Crippen molar-refractivity contribution < 1.29 is 8.42 Å². The van der Waals surface area contributed by atoms with Gasteiger partial charge in [-0.1, -0.05) is 20.8 Å². The lowest BCUT2D eigenvalue weighted by atomic mass is 9.93. The lowest BCUT2D eigenvalue weighted by Crippen LogP contribution is -2.59. The molecule has 0 unspecified atom stereocenters. The molecule has 0 fully saturated rings. The highest BCUT2D eigenvalue weighted by Gasteiger charge is 2.39. The Morgan fingerprint density at radius 1 is 1.22 bits per heavy atom. The normalized spacial score (nSPS) is 13.6. The van der Waals surface area contributed by atoms with Crippen LogP contribution in [0.3, 0.4) is 0 Å². The molecule has 0 bridgehead atoms. The van der Waals surface area contributed by atoms with Gasteiger partial charge in [0.15, 0.2) is 0 Å². The van der Waals surface area contributed by atoms with Crippen molar-refractivity contribution in [1.82, 2.24) is 9.03 Å². The van der Waals surface area contributed by atoms with Crippen LogP contribution in [-0.4, -0.2) is 37.4 Å². The molecule has 0 saturated heterocycles. The molecule has 0 aliphatic heterocycles. The summed E-state index contributed by atoms with van der Waals surface area (Å²) in [6.07, 6.45) is 2.22. The Bertz CT molecular complexity index is 316. The van der Waals surface area contributed by atoms with Crippen molar-refractivity contribution in [2.75, 3.05) is 13.1 Å². The topological polar surface area (TPSA) is 75.4 Å². The molecule has 18 heavy (non-hydrogen) atoms. The van der Waals surface area contributed by atoms with Crippen LogP contribution in [0.2, 0.25) is 0 Å². The van der Waals surface area contributed by atoms with Gasteiger partial charge in [0.05, 0.1) is 0 Å². The maximum Gasteiger partial charge on any atom is 0.280 e. The number of hydrogen-bond donors (Lipinski definition) is 2. The first-order chi connectivity index (χ1) is 8.29. The molecule has 0 amide bonds. The van der Waals surface area contributed by atoms with Gasteiger partial charge in [-0.2, -0.15) is 17.4 Å². The highest BCUT2D eigenvalue weighted by atomic mass is 32.2. The van der Waals surface area contributed by atoms with Gasteiger partial charge >= 0.3 is 0 Å². The smallest absolute Gasteiger partial charge is 0.280 e. The molecular formula is C12H29N3O2S. The lowest BCUT2D eigenvalue weighted by Gasteiger charge is -2.41. The molecule has 0 aromatic rings. The van der Waals surface area contributed by atoms with E-state index in [4.69, 9.17) is 5.73 Å². The fourth-order valence-electron chi connectivity index (χ4n) is 2.17. The molecule has 0 saturated carbocycles. The van der Waals surface area contributed by atoms with Crippen molar-refractivity contribution in [1.29, 1.82) is 0 Å². The number of nitrogens with one attached hydrogen (secondary N) is 1. The molecule has 0 aliphatic carbocycles. The van der Waals surface area contributed by atoms with E-state index in [2.05, 4.69) is 4.72 Å². The van der Waals surface area contributed by atoms with E-state index < -0.39 is 15.7 Å². The van der Waals surface area contributed by atoms with E-state index in [1.54, 1.807) is 4.31 Å². The van der Waals surface area contributed by atoms with Gasteiger partial charge < -0.3 is 5.73 Å². The van der Waals surface area contributed by atoms with E-state index in [1.165, 1.54) is 0 Å². The Hall–Kier alpha value is -0.170. The molecule has 0 atom stereocenters. The summed E-state index contributed by atoms with van der Waals surface area (Å²) in [5, 5.41) is 0. The fraction of sp³-hybridized carbons (Fsp3) is 1.00. The number of hydrogen-bond acceptors (Lipinski definition) is 3. The van der Waals surface area contributed by atoms with Crippen LogP contribution in [0.15, 0.2) is 0 Å². The quantitative estimate of drug-likeness (QED) is 0.671. The van der Waals surface area contributed by atoms with Crippen molar-refractivity contribution in [2.45, 2.75) is 65.5 Å². The Kier molecular flexibility index (Phi) is 7.36. The number of nitrogens with zero attached hydrogens (tertiary/aromatic N) is 1. The van der Waals surface area contributed by atoms with Crippen LogP contribution in [0.25, 0.3) is 0 Å². The molecule has 0 rings (SSSR count). The predicted octanol–water partition coefficient (Wildman–Crippen LogP) is 1.46. The number of nitrogens with two attached hydrogens (primary N) is 1. The average Bonchev–Trinajstić information content (AvgIpc) is 2.29. The van der Waals surface area contributed by atoms with Crippen molar-refractivity contribution >= 4 is 10.2 Å². The molecule has 0 radical (unpaired) electrons. The second-order valence-corrected chi connectivity index (χ2v) is 6.61. The molecule has 0 heterocycles. The van der Waals surface area contributed by atoms with Gasteiger partial charge in [-0.05, 0) is 33.1 Å². The standard InChI is InChI=1S/C12H29N3O2S/c1-6-9-15(12(7-2,8-3)10-13)18(16,17)14-11(4)5/h11,14H,6-10,13H2,1-5H3. The Labute approximate surface area is 112 Å². The van der Waals surface area contributed by atoms with E-state index >= 15 is 0 Å². The third kappa shape index (κ3) is 4.19. The molecule has 6 heteroatoms. The van der Waals surface area contributed by atoms with Crippen molar-refractivity contribution in [3.63, 3.8) is 0 Å². The second kappa shape index (κ2) is 7.43. The summed E-state index contributed by atoms with van der Waals surface area (Å²) in [4.78, 5) is 0. The first-order valence-corrected chi connectivity index (χ1v) is 8.23. The first-order valence-electron chi connectivity index (χ1n) is 6.79. The van der Waals surface area contributed by atoms with Gasteiger partial charge in [0.25, 0.3) is 10.2 Å². The maximum absolute atomic E-state index is 12.4. The van der Waals surface area contributed by atoms with E-state index in [1.807, 2.05) is 34.6 Å². The van der Waals surface area contributed by atoms with E-state index in [0.717, 1.165) is 19.3 Å². The molecule has 110 valence electrons.